The highest BCUT2D eigenvalue weighted by atomic mass is 79.9. The van der Waals surface area contributed by atoms with Crippen molar-refractivity contribution in [2.45, 2.75) is 12.2 Å². The Morgan fingerprint density at radius 1 is 0.852 bits per heavy atom. The van der Waals surface area contributed by atoms with Crippen LogP contribution in [-0.2, 0) is 0 Å². The summed E-state index contributed by atoms with van der Waals surface area (Å²) < 4.78 is 2.10. The normalized spacial score (nSPS) is 19.3. The number of benzene rings is 3. The molecule has 0 fully saturated rings. The number of quaternary nitrogens is 1. The maximum atomic E-state index is 10.4. The van der Waals surface area contributed by atoms with Gasteiger partial charge in [0.15, 0.2) is 6.17 Å². The van der Waals surface area contributed by atoms with Crippen molar-refractivity contribution in [1.29, 1.82) is 0 Å². The number of hydrogen-bond donors (Lipinski definition) is 3. The zero-order valence-electron chi connectivity index (χ0n) is 14.4. The van der Waals surface area contributed by atoms with Crippen LogP contribution < -0.4 is 10.6 Å². The van der Waals surface area contributed by atoms with Crippen molar-refractivity contribution in [1.82, 2.24) is 5.32 Å². The van der Waals surface area contributed by atoms with Crippen LogP contribution in [0.15, 0.2) is 87.8 Å². The van der Waals surface area contributed by atoms with Crippen LogP contribution in [0.1, 0.15) is 28.9 Å². The summed E-state index contributed by atoms with van der Waals surface area (Å²) in [5.74, 6) is 0.319. The molecule has 136 valence electrons. The van der Waals surface area contributed by atoms with Gasteiger partial charge in [-0.3, -0.25) is 0 Å². The number of phenolic OH excluding ortho intramolecular Hbond substituents is 1. The molecule has 1 aliphatic heterocycles. The summed E-state index contributed by atoms with van der Waals surface area (Å²) in [7, 11) is 0. The minimum absolute atomic E-state index is 0.00933. The van der Waals surface area contributed by atoms with Crippen LogP contribution in [0.4, 0.5) is 0 Å². The number of para-hydroxylation sites is 1. The van der Waals surface area contributed by atoms with E-state index in [1.54, 1.807) is 6.07 Å². The van der Waals surface area contributed by atoms with E-state index in [0.29, 0.717) is 5.75 Å². The molecule has 0 radical (unpaired) electrons. The van der Waals surface area contributed by atoms with Crippen molar-refractivity contribution in [3.63, 3.8) is 0 Å². The van der Waals surface area contributed by atoms with E-state index in [2.05, 4.69) is 85.0 Å². The molecule has 3 aromatic rings. The average molecular weight is 487 g/mol. The quantitative estimate of drug-likeness (QED) is 0.494. The van der Waals surface area contributed by atoms with E-state index in [-0.39, 0.29) is 12.2 Å². The molecule has 0 spiro atoms. The van der Waals surface area contributed by atoms with Gasteiger partial charge in [-0.25, -0.2) is 0 Å². The molecule has 1 heterocycles. The first-order chi connectivity index (χ1) is 13.1. The predicted molar refractivity (Wildman–Crippen MR) is 115 cm³/mol. The van der Waals surface area contributed by atoms with E-state index >= 15 is 0 Å². The highest BCUT2D eigenvalue weighted by Crippen LogP contribution is 2.29. The van der Waals surface area contributed by atoms with Gasteiger partial charge in [0.25, 0.3) is 0 Å². The topological polar surface area (TPSA) is 48.9 Å². The molecular weight excluding hydrogens is 468 g/mol. The first-order valence-corrected chi connectivity index (χ1v) is 10.3. The van der Waals surface area contributed by atoms with Gasteiger partial charge >= 0.3 is 0 Å². The fraction of sp³-hybridized carbons (Fsp3) is 0.0909. The second kappa shape index (κ2) is 7.89. The van der Waals surface area contributed by atoms with E-state index in [1.165, 1.54) is 5.56 Å². The van der Waals surface area contributed by atoms with Crippen molar-refractivity contribution >= 4 is 37.6 Å². The number of hydrogen-bond acceptors (Lipinski definition) is 2. The molecular formula is C22H19Br2N2O+. The molecule has 0 bridgehead atoms. The van der Waals surface area contributed by atoms with Crippen molar-refractivity contribution in [3.05, 3.63) is 105 Å². The second-order valence-electron chi connectivity index (χ2n) is 6.54. The fourth-order valence-corrected chi connectivity index (χ4v) is 4.03. The molecule has 0 saturated heterocycles. The zero-order valence-corrected chi connectivity index (χ0v) is 17.6. The van der Waals surface area contributed by atoms with Gasteiger partial charge in [-0.15, -0.1) is 0 Å². The number of nitrogens with two attached hydrogens (primary N) is 1. The molecule has 0 amide bonds. The first kappa shape index (κ1) is 18.3. The van der Waals surface area contributed by atoms with Crippen molar-refractivity contribution in [2.75, 3.05) is 0 Å². The lowest BCUT2D eigenvalue weighted by atomic mass is 9.98. The van der Waals surface area contributed by atoms with Gasteiger partial charge in [-0.05, 0) is 54.1 Å². The molecule has 4 rings (SSSR count). The maximum Gasteiger partial charge on any atom is 0.186 e. The Labute approximate surface area is 175 Å². The van der Waals surface area contributed by atoms with E-state index in [1.807, 2.05) is 30.3 Å². The van der Waals surface area contributed by atoms with Crippen LogP contribution in [-0.4, -0.2) is 5.11 Å². The zero-order chi connectivity index (χ0) is 18.8. The van der Waals surface area contributed by atoms with Crippen LogP contribution in [0.25, 0.3) is 5.70 Å². The molecule has 2 unspecified atom stereocenters. The number of rotatable bonds is 3. The van der Waals surface area contributed by atoms with Gasteiger partial charge in [-0.1, -0.05) is 56.1 Å². The van der Waals surface area contributed by atoms with Crippen molar-refractivity contribution < 1.29 is 10.4 Å². The third-order valence-electron chi connectivity index (χ3n) is 4.72. The van der Waals surface area contributed by atoms with Crippen molar-refractivity contribution in [3.8, 4) is 5.75 Å². The molecule has 0 saturated carbocycles. The summed E-state index contributed by atoms with van der Waals surface area (Å²) in [6, 6.07) is 24.1. The molecule has 5 heteroatoms. The average Bonchev–Trinajstić information content (AvgIpc) is 2.68. The lowest BCUT2D eigenvalue weighted by molar-refractivity contribution is -0.731. The Morgan fingerprint density at radius 3 is 2.37 bits per heavy atom. The monoisotopic (exact) mass is 485 g/mol. The Kier molecular flexibility index (Phi) is 5.34. The number of aromatic hydroxyl groups is 1. The van der Waals surface area contributed by atoms with E-state index in [0.717, 1.165) is 25.8 Å². The summed E-state index contributed by atoms with van der Waals surface area (Å²) in [4.78, 5) is 0. The third kappa shape index (κ3) is 4.10. The highest BCUT2D eigenvalue weighted by Gasteiger charge is 2.29. The Balaban J connectivity index is 1.76. The second-order valence-corrected chi connectivity index (χ2v) is 8.37. The summed E-state index contributed by atoms with van der Waals surface area (Å²) in [6.45, 7) is 0. The molecule has 27 heavy (non-hydrogen) atoms. The van der Waals surface area contributed by atoms with Gasteiger partial charge in [-0.2, -0.15) is 0 Å². The predicted octanol–water partition coefficient (Wildman–Crippen LogP) is 4.86. The lowest BCUT2D eigenvalue weighted by Gasteiger charge is -2.30. The van der Waals surface area contributed by atoms with Crippen LogP contribution in [0.3, 0.4) is 0 Å². The first-order valence-electron chi connectivity index (χ1n) is 8.73. The van der Waals surface area contributed by atoms with Crippen LogP contribution in [0.5, 0.6) is 5.75 Å². The van der Waals surface area contributed by atoms with Crippen LogP contribution >= 0.6 is 31.9 Å². The van der Waals surface area contributed by atoms with Gasteiger partial charge in [0.05, 0.1) is 5.56 Å². The lowest BCUT2D eigenvalue weighted by Crippen LogP contribution is -2.89. The Morgan fingerprint density at radius 2 is 1.63 bits per heavy atom. The smallest absolute Gasteiger partial charge is 0.186 e. The van der Waals surface area contributed by atoms with E-state index in [4.69, 9.17) is 0 Å². The Hall–Kier alpha value is -2.08. The van der Waals surface area contributed by atoms with Gasteiger partial charge < -0.3 is 15.7 Å². The summed E-state index contributed by atoms with van der Waals surface area (Å²) in [5, 5.41) is 16.2. The maximum absolute atomic E-state index is 10.4. The fourth-order valence-electron chi connectivity index (χ4n) is 3.37. The number of nitrogens with one attached hydrogen (secondary N) is 1. The molecule has 3 aromatic carbocycles. The highest BCUT2D eigenvalue weighted by molar-refractivity contribution is 9.10. The van der Waals surface area contributed by atoms with Gasteiger partial charge in [0.2, 0.25) is 0 Å². The van der Waals surface area contributed by atoms with Crippen LogP contribution in [0, 0.1) is 0 Å². The van der Waals surface area contributed by atoms with Gasteiger partial charge in [0.1, 0.15) is 11.8 Å². The van der Waals surface area contributed by atoms with Crippen molar-refractivity contribution in [2.24, 2.45) is 0 Å². The summed E-state index contributed by atoms with van der Waals surface area (Å²) in [6.07, 6.45) is 2.22. The van der Waals surface area contributed by atoms with Gasteiger partial charge in [0, 0.05) is 26.3 Å². The molecule has 3 nitrogen and oxygen atoms in total. The molecule has 0 aliphatic carbocycles. The molecule has 4 N–H and O–H groups in total. The van der Waals surface area contributed by atoms with E-state index in [9.17, 15) is 5.11 Å². The third-order valence-corrected chi connectivity index (χ3v) is 5.74. The number of halogens is 2. The molecule has 1 aliphatic rings. The standard InChI is InChI=1S/C22H18Br2N2O/c23-16-10-8-14(9-11-16)22-25-19(15-4-3-5-17(24)12-15)13-20(26-22)18-6-1-2-7-21(18)27/h1-13,20,22,25-27H/p+1. The van der Waals surface area contributed by atoms with Crippen LogP contribution in [0.2, 0.25) is 0 Å². The summed E-state index contributed by atoms with van der Waals surface area (Å²) in [5.41, 5.74) is 4.26. The minimum Gasteiger partial charge on any atom is -0.507 e. The number of phenols is 1. The summed E-state index contributed by atoms with van der Waals surface area (Å²) >= 11 is 7.06. The largest absolute Gasteiger partial charge is 0.507 e. The SMILES string of the molecule is Oc1ccccc1C1C=C(c2cccc(Br)c2)NC(c2ccc(Br)cc2)[NH2+]1. The molecule has 2 atom stereocenters. The minimum atomic E-state index is 0.00933. The Bertz CT molecular complexity index is 986. The molecule has 0 aromatic heterocycles. The van der Waals surface area contributed by atoms with E-state index < -0.39 is 0 Å².